The number of hydrogen-bond acceptors (Lipinski definition) is 3. The van der Waals surface area contributed by atoms with Gasteiger partial charge in [-0.1, -0.05) is 48.0 Å². The van der Waals surface area contributed by atoms with Crippen LogP contribution in [0, 0.1) is 12.8 Å². The first-order chi connectivity index (χ1) is 13.8. The third-order valence-corrected chi connectivity index (χ3v) is 4.71. The van der Waals surface area contributed by atoms with Gasteiger partial charge in [-0.25, -0.2) is 4.99 Å². The quantitative estimate of drug-likeness (QED) is 0.224. The first kappa shape index (κ1) is 23.6. The highest BCUT2D eigenvalue weighted by Crippen LogP contribution is 2.12. The molecule has 0 aliphatic carbocycles. The van der Waals surface area contributed by atoms with E-state index in [1.165, 1.54) is 11.1 Å². The van der Waals surface area contributed by atoms with E-state index >= 15 is 0 Å². The number of hydrogen-bond donors (Lipinski definition) is 2. The van der Waals surface area contributed by atoms with E-state index in [1.807, 2.05) is 30.3 Å². The molecule has 6 heteroatoms. The smallest absolute Gasteiger partial charge is 0.196 e. The van der Waals surface area contributed by atoms with Crippen molar-refractivity contribution in [3.05, 3.63) is 65.7 Å². The van der Waals surface area contributed by atoms with E-state index in [4.69, 9.17) is 14.5 Å². The van der Waals surface area contributed by atoms with Crippen molar-refractivity contribution in [3.63, 3.8) is 0 Å². The summed E-state index contributed by atoms with van der Waals surface area (Å²) in [7, 11) is 0. The van der Waals surface area contributed by atoms with Gasteiger partial charge in [0, 0.05) is 31.4 Å². The van der Waals surface area contributed by atoms with Crippen molar-refractivity contribution in [3.8, 4) is 0 Å². The van der Waals surface area contributed by atoms with Crippen LogP contribution in [0.4, 0.5) is 5.69 Å². The molecular formula is C23H32IN3O2. The van der Waals surface area contributed by atoms with Crippen LogP contribution in [0.2, 0.25) is 0 Å². The molecular weight excluding hydrogens is 477 g/mol. The molecule has 1 saturated heterocycles. The van der Waals surface area contributed by atoms with E-state index in [2.05, 4.69) is 41.8 Å². The number of aryl methyl sites for hydroxylation is 1. The van der Waals surface area contributed by atoms with Crippen molar-refractivity contribution < 1.29 is 9.47 Å². The topological polar surface area (TPSA) is 54.9 Å². The van der Waals surface area contributed by atoms with E-state index in [-0.39, 0.29) is 24.0 Å². The lowest BCUT2D eigenvalue weighted by atomic mass is 10.1. The maximum atomic E-state index is 5.78. The van der Waals surface area contributed by atoms with Crippen molar-refractivity contribution in [1.29, 1.82) is 0 Å². The molecule has 158 valence electrons. The molecule has 0 amide bonds. The van der Waals surface area contributed by atoms with Gasteiger partial charge in [-0.15, -0.1) is 24.0 Å². The maximum Gasteiger partial charge on any atom is 0.196 e. The summed E-state index contributed by atoms with van der Waals surface area (Å²) in [4.78, 5) is 4.74. The van der Waals surface area contributed by atoms with Gasteiger partial charge in [0.25, 0.3) is 0 Å². The highest BCUT2D eigenvalue weighted by Gasteiger charge is 2.15. The van der Waals surface area contributed by atoms with E-state index in [0.717, 1.165) is 57.5 Å². The van der Waals surface area contributed by atoms with Gasteiger partial charge in [-0.3, -0.25) is 0 Å². The summed E-state index contributed by atoms with van der Waals surface area (Å²) >= 11 is 0. The van der Waals surface area contributed by atoms with Crippen LogP contribution in [0.5, 0.6) is 0 Å². The van der Waals surface area contributed by atoms with Gasteiger partial charge in [-0.05, 0) is 37.5 Å². The van der Waals surface area contributed by atoms with Crippen LogP contribution in [-0.2, 0) is 16.0 Å². The molecule has 1 unspecified atom stereocenters. The minimum atomic E-state index is 0. The van der Waals surface area contributed by atoms with Gasteiger partial charge in [0.2, 0.25) is 0 Å². The fraction of sp³-hybridized carbons (Fsp3) is 0.435. The second-order valence-electron chi connectivity index (χ2n) is 7.23. The molecule has 2 N–H and O–H groups in total. The highest BCUT2D eigenvalue weighted by molar-refractivity contribution is 14.0. The van der Waals surface area contributed by atoms with E-state index in [9.17, 15) is 0 Å². The summed E-state index contributed by atoms with van der Waals surface area (Å²) in [5.74, 6) is 1.36. The number of ether oxygens (including phenoxy) is 2. The van der Waals surface area contributed by atoms with Crippen molar-refractivity contribution in [2.75, 3.05) is 38.3 Å². The Labute approximate surface area is 191 Å². The fourth-order valence-electron chi connectivity index (χ4n) is 3.01. The second kappa shape index (κ2) is 13.6. The molecule has 0 radical (unpaired) electrons. The van der Waals surface area contributed by atoms with Crippen LogP contribution in [-0.4, -0.2) is 38.9 Å². The Balaban J connectivity index is 0.00000300. The zero-order chi connectivity index (χ0) is 19.4. The molecule has 29 heavy (non-hydrogen) atoms. The minimum Gasteiger partial charge on any atom is -0.381 e. The van der Waals surface area contributed by atoms with Crippen LogP contribution in [0.1, 0.15) is 24.0 Å². The predicted octanol–water partition coefficient (Wildman–Crippen LogP) is 4.61. The average molecular weight is 509 g/mol. The molecule has 3 rings (SSSR count). The fourth-order valence-corrected chi connectivity index (χ4v) is 3.01. The molecule has 1 fully saturated rings. The van der Waals surface area contributed by atoms with E-state index < -0.39 is 0 Å². The maximum absolute atomic E-state index is 5.78. The Kier molecular flexibility index (Phi) is 11.1. The lowest BCUT2D eigenvalue weighted by Gasteiger charge is -2.13. The number of guanidine groups is 1. The Morgan fingerprint density at radius 1 is 1.14 bits per heavy atom. The number of para-hydroxylation sites is 1. The Morgan fingerprint density at radius 3 is 2.66 bits per heavy atom. The molecule has 2 aromatic carbocycles. The summed E-state index contributed by atoms with van der Waals surface area (Å²) < 4.78 is 11.2. The Morgan fingerprint density at radius 2 is 1.93 bits per heavy atom. The SMILES string of the molecule is Cc1ccc(CN=C(NCCCOCC2CCOC2)Nc2ccccc2)cc1.I. The molecule has 1 aliphatic rings. The monoisotopic (exact) mass is 509 g/mol. The number of benzene rings is 2. The van der Waals surface area contributed by atoms with Crippen molar-refractivity contribution >= 4 is 35.6 Å². The lowest BCUT2D eigenvalue weighted by molar-refractivity contribution is 0.0888. The van der Waals surface area contributed by atoms with Crippen molar-refractivity contribution in [2.24, 2.45) is 10.9 Å². The average Bonchev–Trinajstić information content (AvgIpc) is 3.24. The Bertz CT molecular complexity index is 717. The summed E-state index contributed by atoms with van der Waals surface area (Å²) in [6.07, 6.45) is 2.06. The number of nitrogens with one attached hydrogen (secondary N) is 2. The van der Waals surface area contributed by atoms with Crippen LogP contribution in [0.3, 0.4) is 0 Å². The van der Waals surface area contributed by atoms with Gasteiger partial charge >= 0.3 is 0 Å². The van der Waals surface area contributed by atoms with Gasteiger partial charge in [0.1, 0.15) is 0 Å². The summed E-state index contributed by atoms with van der Waals surface area (Å²) in [6, 6.07) is 18.6. The van der Waals surface area contributed by atoms with Gasteiger partial charge in [0.05, 0.1) is 19.8 Å². The van der Waals surface area contributed by atoms with Crippen LogP contribution < -0.4 is 10.6 Å². The van der Waals surface area contributed by atoms with Gasteiger partial charge in [0.15, 0.2) is 5.96 Å². The zero-order valence-corrected chi connectivity index (χ0v) is 19.4. The molecule has 0 aromatic heterocycles. The van der Waals surface area contributed by atoms with Crippen LogP contribution >= 0.6 is 24.0 Å². The van der Waals surface area contributed by atoms with Gasteiger partial charge < -0.3 is 20.1 Å². The molecule has 1 heterocycles. The molecule has 0 spiro atoms. The van der Waals surface area contributed by atoms with Crippen LogP contribution in [0.25, 0.3) is 0 Å². The van der Waals surface area contributed by atoms with E-state index in [1.54, 1.807) is 0 Å². The predicted molar refractivity (Wildman–Crippen MR) is 130 cm³/mol. The molecule has 5 nitrogen and oxygen atoms in total. The normalized spacial score (nSPS) is 16.3. The third-order valence-electron chi connectivity index (χ3n) is 4.71. The molecule has 1 atom stereocenters. The number of aliphatic imine (C=N–C) groups is 1. The molecule has 0 bridgehead atoms. The van der Waals surface area contributed by atoms with Crippen molar-refractivity contribution in [2.45, 2.75) is 26.3 Å². The summed E-state index contributed by atoms with van der Waals surface area (Å²) in [5.41, 5.74) is 3.48. The largest absolute Gasteiger partial charge is 0.381 e. The van der Waals surface area contributed by atoms with Crippen molar-refractivity contribution in [1.82, 2.24) is 5.32 Å². The standard InChI is InChI=1S/C23H31N3O2.HI/c1-19-8-10-20(11-9-19)16-25-23(26-22-6-3-2-4-7-22)24-13-5-14-27-17-21-12-15-28-18-21;/h2-4,6-11,21H,5,12-18H2,1H3,(H2,24,25,26);1H. The first-order valence-electron chi connectivity index (χ1n) is 10.1. The summed E-state index contributed by atoms with van der Waals surface area (Å²) in [5, 5.41) is 6.79. The number of halogens is 1. The number of rotatable bonds is 9. The first-order valence-corrected chi connectivity index (χ1v) is 10.1. The lowest BCUT2D eigenvalue weighted by Crippen LogP contribution is -2.32. The molecule has 2 aromatic rings. The molecule has 1 aliphatic heterocycles. The second-order valence-corrected chi connectivity index (χ2v) is 7.23. The zero-order valence-electron chi connectivity index (χ0n) is 17.1. The van der Waals surface area contributed by atoms with E-state index in [0.29, 0.717) is 12.5 Å². The Hall–Kier alpha value is -1.64. The third kappa shape index (κ3) is 9.14. The van der Waals surface area contributed by atoms with Gasteiger partial charge in [-0.2, -0.15) is 0 Å². The number of nitrogens with zero attached hydrogens (tertiary/aromatic N) is 1. The summed E-state index contributed by atoms with van der Waals surface area (Å²) in [6.45, 7) is 6.82. The number of anilines is 1. The van der Waals surface area contributed by atoms with Crippen LogP contribution in [0.15, 0.2) is 59.6 Å². The highest BCUT2D eigenvalue weighted by atomic mass is 127. The minimum absolute atomic E-state index is 0. The molecule has 0 saturated carbocycles.